The van der Waals surface area contributed by atoms with E-state index in [1.165, 1.54) is 0 Å². The van der Waals surface area contributed by atoms with Gasteiger partial charge in [0.05, 0.1) is 0 Å². The first kappa shape index (κ1) is 13.1. The maximum Gasteiger partial charge on any atom is 0.123 e. The van der Waals surface area contributed by atoms with Crippen LogP contribution in [0.1, 0.15) is 16.7 Å². The van der Waals surface area contributed by atoms with Crippen LogP contribution < -0.4 is 10.5 Å². The molecule has 0 saturated carbocycles. The molecule has 2 N–H and O–H groups in total. The van der Waals surface area contributed by atoms with E-state index in [0.29, 0.717) is 13.2 Å². The van der Waals surface area contributed by atoms with E-state index in [-0.39, 0.29) is 0 Å². The Morgan fingerprint density at radius 2 is 1.89 bits per heavy atom. The van der Waals surface area contributed by atoms with E-state index in [2.05, 4.69) is 22.0 Å². The third kappa shape index (κ3) is 3.34. The van der Waals surface area contributed by atoms with Crippen molar-refractivity contribution >= 4 is 15.9 Å². The van der Waals surface area contributed by atoms with Crippen molar-refractivity contribution in [2.24, 2.45) is 5.73 Å². The van der Waals surface area contributed by atoms with Gasteiger partial charge in [-0.15, -0.1) is 0 Å². The Kier molecular flexibility index (Phi) is 4.39. The number of benzene rings is 2. The molecule has 0 aliphatic carbocycles. The topological polar surface area (TPSA) is 35.2 Å². The Morgan fingerprint density at radius 3 is 2.67 bits per heavy atom. The highest BCUT2D eigenvalue weighted by Crippen LogP contribution is 2.23. The lowest BCUT2D eigenvalue weighted by Gasteiger charge is -2.10. The van der Waals surface area contributed by atoms with Crippen LogP contribution in [0, 0.1) is 6.92 Å². The van der Waals surface area contributed by atoms with Gasteiger partial charge in [-0.2, -0.15) is 0 Å². The van der Waals surface area contributed by atoms with E-state index in [0.717, 1.165) is 26.9 Å². The van der Waals surface area contributed by atoms with Gasteiger partial charge in [-0.1, -0.05) is 46.3 Å². The van der Waals surface area contributed by atoms with Crippen LogP contribution in [0.15, 0.2) is 46.9 Å². The van der Waals surface area contributed by atoms with Crippen molar-refractivity contribution in [3.63, 3.8) is 0 Å². The van der Waals surface area contributed by atoms with Gasteiger partial charge in [-0.3, -0.25) is 0 Å². The summed E-state index contributed by atoms with van der Waals surface area (Å²) in [4.78, 5) is 0. The normalized spacial score (nSPS) is 10.4. The summed E-state index contributed by atoms with van der Waals surface area (Å²) in [6.45, 7) is 3.16. The SMILES string of the molecule is Cc1ccc(Br)cc1OCc1cccc(CN)c1. The molecule has 0 fully saturated rings. The van der Waals surface area contributed by atoms with Crippen LogP contribution in [0.2, 0.25) is 0 Å². The summed E-state index contributed by atoms with van der Waals surface area (Å²) in [6, 6.07) is 14.2. The molecule has 0 aliphatic rings. The summed E-state index contributed by atoms with van der Waals surface area (Å²) >= 11 is 3.45. The molecule has 0 aromatic heterocycles. The maximum absolute atomic E-state index is 5.83. The molecule has 2 aromatic carbocycles. The quantitative estimate of drug-likeness (QED) is 0.932. The summed E-state index contributed by atoms with van der Waals surface area (Å²) in [5, 5.41) is 0. The molecule has 0 atom stereocenters. The highest BCUT2D eigenvalue weighted by molar-refractivity contribution is 9.10. The lowest BCUT2D eigenvalue weighted by molar-refractivity contribution is 0.304. The molecule has 2 aromatic rings. The molecule has 0 bridgehead atoms. The Balaban J connectivity index is 2.08. The Morgan fingerprint density at radius 1 is 1.11 bits per heavy atom. The summed E-state index contributed by atoms with van der Waals surface area (Å²) in [6.07, 6.45) is 0. The highest BCUT2D eigenvalue weighted by atomic mass is 79.9. The Labute approximate surface area is 116 Å². The van der Waals surface area contributed by atoms with Crippen molar-refractivity contribution in [2.75, 3.05) is 0 Å². The zero-order valence-corrected chi connectivity index (χ0v) is 11.9. The van der Waals surface area contributed by atoms with E-state index in [1.807, 2.05) is 43.3 Å². The predicted octanol–water partition coefficient (Wildman–Crippen LogP) is 3.80. The number of rotatable bonds is 4. The molecule has 0 spiro atoms. The average molecular weight is 306 g/mol. The molecule has 18 heavy (non-hydrogen) atoms. The summed E-state index contributed by atoms with van der Waals surface area (Å²) in [5.74, 6) is 0.905. The maximum atomic E-state index is 5.83. The molecular weight excluding hydrogens is 290 g/mol. The lowest BCUT2D eigenvalue weighted by Crippen LogP contribution is -2.00. The fraction of sp³-hybridized carbons (Fsp3) is 0.200. The molecule has 94 valence electrons. The van der Waals surface area contributed by atoms with Crippen molar-refractivity contribution in [1.82, 2.24) is 0 Å². The van der Waals surface area contributed by atoms with Gasteiger partial charge >= 0.3 is 0 Å². The fourth-order valence-electron chi connectivity index (χ4n) is 1.74. The molecule has 0 radical (unpaired) electrons. The minimum atomic E-state index is 0.559. The van der Waals surface area contributed by atoms with Crippen LogP contribution in [0.4, 0.5) is 0 Å². The van der Waals surface area contributed by atoms with Crippen molar-refractivity contribution in [3.8, 4) is 5.75 Å². The first-order valence-electron chi connectivity index (χ1n) is 5.86. The van der Waals surface area contributed by atoms with Gasteiger partial charge < -0.3 is 10.5 Å². The second-order valence-corrected chi connectivity index (χ2v) is 5.14. The predicted molar refractivity (Wildman–Crippen MR) is 77.5 cm³/mol. The highest BCUT2D eigenvalue weighted by Gasteiger charge is 2.01. The number of ether oxygens (including phenoxy) is 1. The molecule has 2 rings (SSSR count). The average Bonchev–Trinajstić information content (AvgIpc) is 2.40. The fourth-order valence-corrected chi connectivity index (χ4v) is 2.08. The largest absolute Gasteiger partial charge is 0.489 e. The van der Waals surface area contributed by atoms with E-state index < -0.39 is 0 Å². The van der Waals surface area contributed by atoms with E-state index in [4.69, 9.17) is 10.5 Å². The van der Waals surface area contributed by atoms with Gasteiger partial charge in [0.2, 0.25) is 0 Å². The minimum absolute atomic E-state index is 0.559. The Bertz CT molecular complexity index is 540. The smallest absolute Gasteiger partial charge is 0.123 e. The molecule has 2 nitrogen and oxygen atoms in total. The number of nitrogens with two attached hydrogens (primary N) is 1. The second-order valence-electron chi connectivity index (χ2n) is 4.22. The molecular formula is C15H16BrNO. The summed E-state index contributed by atoms with van der Waals surface area (Å²) < 4.78 is 6.86. The Hall–Kier alpha value is -1.32. The van der Waals surface area contributed by atoms with Gasteiger partial charge in [0.25, 0.3) is 0 Å². The first-order chi connectivity index (χ1) is 8.69. The van der Waals surface area contributed by atoms with Crippen LogP contribution in [0.3, 0.4) is 0 Å². The van der Waals surface area contributed by atoms with Crippen LogP contribution in [-0.2, 0) is 13.2 Å². The summed E-state index contributed by atoms with van der Waals surface area (Å²) in [5.41, 5.74) is 9.02. The number of hydrogen-bond acceptors (Lipinski definition) is 2. The van der Waals surface area contributed by atoms with Gasteiger partial charge in [0.15, 0.2) is 0 Å². The molecule has 3 heteroatoms. The molecule has 0 aliphatic heterocycles. The third-order valence-electron chi connectivity index (χ3n) is 2.77. The summed E-state index contributed by atoms with van der Waals surface area (Å²) in [7, 11) is 0. The van der Waals surface area contributed by atoms with Crippen LogP contribution in [0.5, 0.6) is 5.75 Å². The molecule has 0 saturated heterocycles. The minimum Gasteiger partial charge on any atom is -0.489 e. The molecule has 0 unspecified atom stereocenters. The van der Waals surface area contributed by atoms with Crippen molar-refractivity contribution in [2.45, 2.75) is 20.1 Å². The van der Waals surface area contributed by atoms with E-state index in [9.17, 15) is 0 Å². The third-order valence-corrected chi connectivity index (χ3v) is 3.26. The van der Waals surface area contributed by atoms with Crippen LogP contribution >= 0.6 is 15.9 Å². The van der Waals surface area contributed by atoms with E-state index >= 15 is 0 Å². The number of hydrogen-bond donors (Lipinski definition) is 1. The lowest BCUT2D eigenvalue weighted by atomic mass is 10.1. The van der Waals surface area contributed by atoms with Crippen molar-refractivity contribution in [1.29, 1.82) is 0 Å². The van der Waals surface area contributed by atoms with E-state index in [1.54, 1.807) is 0 Å². The zero-order chi connectivity index (χ0) is 13.0. The zero-order valence-electron chi connectivity index (χ0n) is 10.3. The second kappa shape index (κ2) is 6.03. The number of halogens is 1. The van der Waals surface area contributed by atoms with Gasteiger partial charge in [0.1, 0.15) is 12.4 Å². The number of aryl methyl sites for hydroxylation is 1. The monoisotopic (exact) mass is 305 g/mol. The molecule has 0 amide bonds. The van der Waals surface area contributed by atoms with Gasteiger partial charge in [0, 0.05) is 11.0 Å². The first-order valence-corrected chi connectivity index (χ1v) is 6.65. The van der Waals surface area contributed by atoms with Crippen LogP contribution in [0.25, 0.3) is 0 Å². The molecule has 0 heterocycles. The van der Waals surface area contributed by atoms with Crippen molar-refractivity contribution < 1.29 is 4.74 Å². The van der Waals surface area contributed by atoms with Gasteiger partial charge in [-0.25, -0.2) is 0 Å². The van der Waals surface area contributed by atoms with Crippen molar-refractivity contribution in [3.05, 3.63) is 63.6 Å². The standard InChI is InChI=1S/C15H16BrNO/c1-11-5-6-14(16)8-15(11)18-10-13-4-2-3-12(7-13)9-17/h2-8H,9-10,17H2,1H3. The van der Waals surface area contributed by atoms with Gasteiger partial charge in [-0.05, 0) is 35.7 Å². The van der Waals surface area contributed by atoms with Crippen LogP contribution in [-0.4, -0.2) is 0 Å².